The van der Waals surface area contributed by atoms with Crippen molar-refractivity contribution in [3.63, 3.8) is 0 Å². The summed E-state index contributed by atoms with van der Waals surface area (Å²) in [6, 6.07) is 0.566. The van der Waals surface area contributed by atoms with Gasteiger partial charge in [0, 0.05) is 38.3 Å². The van der Waals surface area contributed by atoms with E-state index in [2.05, 4.69) is 5.32 Å². The van der Waals surface area contributed by atoms with E-state index in [9.17, 15) is 9.59 Å². The zero-order chi connectivity index (χ0) is 15.2. The van der Waals surface area contributed by atoms with Gasteiger partial charge >= 0.3 is 12.1 Å². The molecule has 0 radical (unpaired) electrons. The summed E-state index contributed by atoms with van der Waals surface area (Å²) in [5, 5.41) is 3.65. The first-order chi connectivity index (χ1) is 10.1. The smallest absolute Gasteiger partial charge is 0.409 e. The zero-order valence-electron chi connectivity index (χ0n) is 12.7. The molecule has 0 aromatic rings. The van der Waals surface area contributed by atoms with Gasteiger partial charge in [0.1, 0.15) is 0 Å². The fraction of sp³-hybridized carbons (Fsp3) is 0.857. The topological polar surface area (TPSA) is 87.9 Å². The number of carbonyl (C=O) groups excluding carboxylic acids is 2. The van der Waals surface area contributed by atoms with E-state index in [0.29, 0.717) is 18.7 Å². The monoisotopic (exact) mass is 298 g/mol. The second kappa shape index (κ2) is 7.49. The minimum absolute atomic E-state index is 0.203. The molecule has 0 spiro atoms. The molecule has 0 aliphatic carbocycles. The highest BCUT2D eigenvalue weighted by Crippen LogP contribution is 2.16. The molecule has 0 aromatic heterocycles. The lowest BCUT2D eigenvalue weighted by atomic mass is 10.00. The highest BCUT2D eigenvalue weighted by Gasteiger charge is 2.27. The summed E-state index contributed by atoms with van der Waals surface area (Å²) >= 11 is 0. The first kappa shape index (κ1) is 15.9. The maximum Gasteiger partial charge on any atom is 0.409 e. The molecule has 2 fully saturated rings. The molecular formula is C14H26N4O3. The third-order valence-corrected chi connectivity index (χ3v) is 4.30. The maximum atomic E-state index is 11.6. The molecule has 7 heteroatoms. The van der Waals surface area contributed by atoms with Crippen molar-refractivity contribution in [2.24, 2.45) is 5.73 Å². The number of carbonyl (C=O) groups is 2. The number of rotatable bonds is 3. The van der Waals surface area contributed by atoms with Crippen molar-refractivity contribution >= 4 is 12.1 Å². The molecule has 0 saturated carbocycles. The maximum absolute atomic E-state index is 11.6. The molecule has 3 amide bonds. The van der Waals surface area contributed by atoms with Crippen molar-refractivity contribution in [1.29, 1.82) is 0 Å². The van der Waals surface area contributed by atoms with Crippen LogP contribution < -0.4 is 11.1 Å². The van der Waals surface area contributed by atoms with Gasteiger partial charge in [0.05, 0.1) is 6.61 Å². The van der Waals surface area contributed by atoms with Crippen molar-refractivity contribution in [2.45, 2.75) is 44.7 Å². The second-order valence-corrected chi connectivity index (χ2v) is 5.73. The molecule has 0 atom stereocenters. The van der Waals surface area contributed by atoms with Gasteiger partial charge in [-0.25, -0.2) is 9.59 Å². The average Bonchev–Trinajstić information content (AvgIpc) is 2.49. The van der Waals surface area contributed by atoms with Crippen LogP contribution in [0, 0.1) is 0 Å². The van der Waals surface area contributed by atoms with Crippen molar-refractivity contribution in [1.82, 2.24) is 15.1 Å². The fourth-order valence-corrected chi connectivity index (χ4v) is 3.04. The van der Waals surface area contributed by atoms with Crippen LogP contribution in [-0.4, -0.2) is 66.8 Å². The number of hydrogen-bond acceptors (Lipinski definition) is 4. The van der Waals surface area contributed by atoms with Crippen molar-refractivity contribution in [2.75, 3.05) is 32.8 Å². The largest absolute Gasteiger partial charge is 0.450 e. The zero-order valence-corrected chi connectivity index (χ0v) is 12.7. The molecule has 7 nitrogen and oxygen atoms in total. The molecule has 2 aliphatic rings. The Kier molecular flexibility index (Phi) is 5.67. The summed E-state index contributed by atoms with van der Waals surface area (Å²) in [5.41, 5.74) is 5.28. The Balaban J connectivity index is 1.67. The molecule has 21 heavy (non-hydrogen) atoms. The summed E-state index contributed by atoms with van der Waals surface area (Å²) in [6.07, 6.45) is 3.59. The van der Waals surface area contributed by atoms with Gasteiger partial charge < -0.3 is 25.6 Å². The molecule has 2 heterocycles. The van der Waals surface area contributed by atoms with Gasteiger partial charge in [-0.05, 0) is 32.6 Å². The van der Waals surface area contributed by atoms with E-state index in [4.69, 9.17) is 10.5 Å². The molecule has 2 rings (SSSR count). The van der Waals surface area contributed by atoms with E-state index in [0.717, 1.165) is 51.9 Å². The van der Waals surface area contributed by atoms with Gasteiger partial charge in [-0.15, -0.1) is 0 Å². The van der Waals surface area contributed by atoms with E-state index in [1.807, 2.05) is 6.92 Å². The Hall–Kier alpha value is -1.50. The van der Waals surface area contributed by atoms with Gasteiger partial charge in [0.2, 0.25) is 0 Å². The van der Waals surface area contributed by atoms with Gasteiger partial charge in [-0.3, -0.25) is 0 Å². The van der Waals surface area contributed by atoms with E-state index < -0.39 is 0 Å². The Morgan fingerprint density at radius 2 is 1.52 bits per heavy atom. The molecule has 0 aromatic carbocycles. The van der Waals surface area contributed by atoms with Crippen LogP contribution in [0.25, 0.3) is 0 Å². The van der Waals surface area contributed by atoms with E-state index in [-0.39, 0.29) is 12.1 Å². The first-order valence-electron chi connectivity index (χ1n) is 7.82. The van der Waals surface area contributed by atoms with Crippen LogP contribution in [-0.2, 0) is 4.74 Å². The average molecular weight is 298 g/mol. The van der Waals surface area contributed by atoms with Crippen LogP contribution in [0.2, 0.25) is 0 Å². The molecular weight excluding hydrogens is 272 g/mol. The van der Waals surface area contributed by atoms with Crippen LogP contribution in [0.3, 0.4) is 0 Å². The predicted molar refractivity (Wildman–Crippen MR) is 78.9 cm³/mol. The normalized spacial score (nSPS) is 21.4. The molecule has 0 bridgehead atoms. The summed E-state index contributed by atoms with van der Waals surface area (Å²) in [6.45, 7) is 5.21. The number of nitrogens with one attached hydrogen (secondary N) is 1. The number of nitrogens with two attached hydrogens (primary N) is 1. The van der Waals surface area contributed by atoms with Crippen LogP contribution in [0.15, 0.2) is 0 Å². The number of likely N-dealkylation sites (tertiary alicyclic amines) is 2. The molecule has 0 unspecified atom stereocenters. The summed E-state index contributed by atoms with van der Waals surface area (Å²) in [7, 11) is 0. The van der Waals surface area contributed by atoms with Crippen molar-refractivity contribution in [3.05, 3.63) is 0 Å². The predicted octanol–water partition coefficient (Wildman–Crippen LogP) is 0.740. The second-order valence-electron chi connectivity index (χ2n) is 5.73. The summed E-state index contributed by atoms with van der Waals surface area (Å²) < 4.78 is 5.02. The van der Waals surface area contributed by atoms with Crippen molar-refractivity contribution in [3.8, 4) is 0 Å². The van der Waals surface area contributed by atoms with E-state index in [1.54, 1.807) is 9.80 Å². The van der Waals surface area contributed by atoms with Gasteiger partial charge in [0.25, 0.3) is 0 Å². The quantitative estimate of drug-likeness (QED) is 0.804. The number of nitrogens with zero attached hydrogens (tertiary/aromatic N) is 2. The number of urea groups is 1. The summed E-state index contributed by atoms with van der Waals surface area (Å²) in [5.74, 6) is 0. The van der Waals surface area contributed by atoms with Crippen LogP contribution >= 0.6 is 0 Å². The van der Waals surface area contributed by atoms with Crippen LogP contribution in [0.1, 0.15) is 32.6 Å². The van der Waals surface area contributed by atoms with Crippen molar-refractivity contribution < 1.29 is 14.3 Å². The molecule has 2 saturated heterocycles. The number of piperidine rings is 2. The Bertz CT molecular complexity index is 361. The number of amides is 3. The highest BCUT2D eigenvalue weighted by atomic mass is 16.6. The van der Waals surface area contributed by atoms with Crippen LogP contribution in [0.5, 0.6) is 0 Å². The number of primary amides is 1. The Morgan fingerprint density at radius 3 is 1.95 bits per heavy atom. The molecule has 120 valence electrons. The fourth-order valence-electron chi connectivity index (χ4n) is 3.04. The Morgan fingerprint density at radius 1 is 1.05 bits per heavy atom. The minimum Gasteiger partial charge on any atom is -0.450 e. The molecule has 2 aliphatic heterocycles. The number of ether oxygens (including phenoxy) is 1. The third-order valence-electron chi connectivity index (χ3n) is 4.30. The third kappa shape index (κ3) is 4.49. The first-order valence-corrected chi connectivity index (χ1v) is 7.82. The highest BCUT2D eigenvalue weighted by molar-refractivity contribution is 5.72. The van der Waals surface area contributed by atoms with Crippen LogP contribution in [0.4, 0.5) is 9.59 Å². The lowest BCUT2D eigenvalue weighted by molar-refractivity contribution is 0.0930. The lowest BCUT2D eigenvalue weighted by Crippen LogP contribution is -2.52. The number of hydrogen-bond donors (Lipinski definition) is 2. The Labute approximate surface area is 125 Å². The summed E-state index contributed by atoms with van der Waals surface area (Å²) in [4.78, 5) is 26.2. The standard InChI is InChI=1S/C14H26N4O3/c1-2-21-14(20)18-9-5-12(6-10-18)16-11-3-7-17(8-4-11)13(15)19/h11-12,16H,2-10H2,1H3,(H2,15,19). The minimum atomic E-state index is -0.323. The van der Waals surface area contributed by atoms with E-state index >= 15 is 0 Å². The molecule has 3 N–H and O–H groups in total. The van der Waals surface area contributed by atoms with Gasteiger partial charge in [-0.1, -0.05) is 0 Å². The lowest BCUT2D eigenvalue weighted by Gasteiger charge is -2.37. The van der Waals surface area contributed by atoms with Gasteiger partial charge in [0.15, 0.2) is 0 Å². The SMILES string of the molecule is CCOC(=O)N1CCC(NC2CCN(C(N)=O)CC2)CC1. The van der Waals surface area contributed by atoms with E-state index in [1.165, 1.54) is 0 Å². The van der Waals surface area contributed by atoms with Gasteiger partial charge in [-0.2, -0.15) is 0 Å².